The number of rotatable bonds is 6. The van der Waals surface area contributed by atoms with Crippen LogP contribution in [-0.2, 0) is 6.54 Å². The van der Waals surface area contributed by atoms with Gasteiger partial charge in [0.05, 0.1) is 24.2 Å². The molecule has 2 aromatic heterocycles. The van der Waals surface area contributed by atoms with Gasteiger partial charge in [0.2, 0.25) is 5.95 Å². The Bertz CT molecular complexity index is 1070. The summed E-state index contributed by atoms with van der Waals surface area (Å²) in [7, 11) is 0. The third-order valence-corrected chi connectivity index (χ3v) is 3.99. The van der Waals surface area contributed by atoms with Crippen molar-refractivity contribution >= 4 is 17.5 Å². The molecule has 7 heteroatoms. The minimum Gasteiger partial charge on any atom is -0.467 e. The van der Waals surface area contributed by atoms with Crippen molar-refractivity contribution in [2.75, 3.05) is 10.6 Å². The van der Waals surface area contributed by atoms with Crippen molar-refractivity contribution in [3.05, 3.63) is 90.4 Å². The Morgan fingerprint density at radius 1 is 0.893 bits per heavy atom. The number of halogens is 2. The second-order valence-electron chi connectivity index (χ2n) is 6.01. The van der Waals surface area contributed by atoms with Crippen LogP contribution < -0.4 is 10.6 Å². The number of benzene rings is 2. The molecule has 4 rings (SSSR count). The Morgan fingerprint density at radius 2 is 1.75 bits per heavy atom. The van der Waals surface area contributed by atoms with E-state index in [0.717, 1.165) is 17.4 Å². The van der Waals surface area contributed by atoms with Gasteiger partial charge in [0.1, 0.15) is 23.2 Å². The fourth-order valence-corrected chi connectivity index (χ4v) is 2.66. The lowest BCUT2D eigenvalue weighted by Crippen LogP contribution is -2.06. The Labute approximate surface area is 160 Å². The van der Waals surface area contributed by atoms with Crippen LogP contribution in [0.1, 0.15) is 5.76 Å². The Kier molecular flexibility index (Phi) is 4.97. The molecular formula is C21H16F2N4O. The molecule has 0 saturated carbocycles. The minimum atomic E-state index is -0.704. The molecule has 5 nitrogen and oxygen atoms in total. The van der Waals surface area contributed by atoms with Gasteiger partial charge >= 0.3 is 0 Å². The lowest BCUT2D eigenvalue weighted by Gasteiger charge is -2.12. The highest BCUT2D eigenvalue weighted by Crippen LogP contribution is 2.25. The van der Waals surface area contributed by atoms with Crippen LogP contribution in [0, 0.1) is 11.6 Å². The van der Waals surface area contributed by atoms with E-state index in [1.54, 1.807) is 18.4 Å². The van der Waals surface area contributed by atoms with Gasteiger partial charge in [0.15, 0.2) is 0 Å². The first-order chi connectivity index (χ1) is 13.7. The van der Waals surface area contributed by atoms with Gasteiger partial charge in [-0.2, -0.15) is 4.98 Å². The molecule has 0 saturated heterocycles. The van der Waals surface area contributed by atoms with Crippen molar-refractivity contribution < 1.29 is 13.2 Å². The standard InChI is InChI=1S/C21H16F2N4O/c22-15-8-9-18(17(23)11-15)25-20-12-19(14-5-2-1-3-6-14)26-21(27-20)24-13-16-7-4-10-28-16/h1-12H,13H2,(H2,24,25,26,27). The van der Waals surface area contributed by atoms with Crippen LogP contribution in [0.15, 0.2) is 77.4 Å². The summed E-state index contributed by atoms with van der Waals surface area (Å²) >= 11 is 0. The van der Waals surface area contributed by atoms with Crippen LogP contribution in [0.4, 0.5) is 26.2 Å². The van der Waals surface area contributed by atoms with Crippen molar-refractivity contribution in [1.29, 1.82) is 0 Å². The molecule has 0 fully saturated rings. The summed E-state index contributed by atoms with van der Waals surface area (Å²) in [6.45, 7) is 0.398. The minimum absolute atomic E-state index is 0.121. The van der Waals surface area contributed by atoms with E-state index in [1.807, 2.05) is 36.4 Å². The van der Waals surface area contributed by atoms with Gasteiger partial charge in [-0.15, -0.1) is 0 Å². The molecule has 0 atom stereocenters. The van der Waals surface area contributed by atoms with E-state index in [2.05, 4.69) is 20.6 Å². The fraction of sp³-hybridized carbons (Fsp3) is 0.0476. The highest BCUT2D eigenvalue weighted by atomic mass is 19.1. The lowest BCUT2D eigenvalue weighted by atomic mass is 10.1. The monoisotopic (exact) mass is 378 g/mol. The predicted molar refractivity (Wildman–Crippen MR) is 103 cm³/mol. The number of nitrogens with one attached hydrogen (secondary N) is 2. The third kappa shape index (κ3) is 4.15. The van der Waals surface area contributed by atoms with E-state index >= 15 is 0 Å². The molecule has 2 aromatic carbocycles. The van der Waals surface area contributed by atoms with Gasteiger partial charge in [0, 0.05) is 17.7 Å². The molecule has 0 amide bonds. The van der Waals surface area contributed by atoms with E-state index in [4.69, 9.17) is 4.42 Å². The molecule has 0 unspecified atom stereocenters. The van der Waals surface area contributed by atoms with E-state index in [9.17, 15) is 8.78 Å². The molecule has 0 aliphatic carbocycles. The van der Waals surface area contributed by atoms with Gasteiger partial charge in [-0.05, 0) is 24.3 Å². The van der Waals surface area contributed by atoms with Crippen LogP contribution in [-0.4, -0.2) is 9.97 Å². The average Bonchev–Trinajstić information content (AvgIpc) is 3.23. The zero-order chi connectivity index (χ0) is 19.3. The van der Waals surface area contributed by atoms with Gasteiger partial charge < -0.3 is 15.1 Å². The maximum Gasteiger partial charge on any atom is 0.225 e. The first-order valence-electron chi connectivity index (χ1n) is 8.60. The highest BCUT2D eigenvalue weighted by molar-refractivity contribution is 5.67. The third-order valence-electron chi connectivity index (χ3n) is 3.99. The molecule has 0 aliphatic heterocycles. The molecule has 2 heterocycles. The maximum atomic E-state index is 14.0. The highest BCUT2D eigenvalue weighted by Gasteiger charge is 2.10. The van der Waals surface area contributed by atoms with Crippen molar-refractivity contribution in [3.63, 3.8) is 0 Å². The zero-order valence-corrected chi connectivity index (χ0v) is 14.7. The quantitative estimate of drug-likeness (QED) is 0.472. The van der Waals surface area contributed by atoms with E-state index in [-0.39, 0.29) is 5.69 Å². The topological polar surface area (TPSA) is 63.0 Å². The number of anilines is 3. The molecular weight excluding hydrogens is 362 g/mol. The molecule has 28 heavy (non-hydrogen) atoms. The summed E-state index contributed by atoms with van der Waals surface area (Å²) in [5.74, 6) is 0.110. The van der Waals surface area contributed by atoms with Gasteiger partial charge in [-0.25, -0.2) is 13.8 Å². The van der Waals surface area contributed by atoms with Crippen LogP contribution >= 0.6 is 0 Å². The molecule has 2 N–H and O–H groups in total. The predicted octanol–water partition coefficient (Wildman–Crippen LogP) is 5.37. The van der Waals surface area contributed by atoms with E-state index < -0.39 is 11.6 Å². The van der Waals surface area contributed by atoms with Crippen LogP contribution in [0.5, 0.6) is 0 Å². The maximum absolute atomic E-state index is 14.0. The van der Waals surface area contributed by atoms with Gasteiger partial charge in [-0.1, -0.05) is 30.3 Å². The second kappa shape index (κ2) is 7.87. The molecule has 0 aliphatic rings. The van der Waals surface area contributed by atoms with Gasteiger partial charge in [-0.3, -0.25) is 0 Å². The number of hydrogen-bond acceptors (Lipinski definition) is 5. The van der Waals surface area contributed by atoms with Crippen LogP contribution in [0.3, 0.4) is 0 Å². The number of furan rings is 1. The van der Waals surface area contributed by atoms with Crippen molar-refractivity contribution in [3.8, 4) is 11.3 Å². The second-order valence-corrected chi connectivity index (χ2v) is 6.01. The lowest BCUT2D eigenvalue weighted by molar-refractivity contribution is 0.517. The summed E-state index contributed by atoms with van der Waals surface area (Å²) in [5.41, 5.74) is 1.66. The molecule has 140 valence electrons. The Morgan fingerprint density at radius 3 is 2.50 bits per heavy atom. The number of aromatic nitrogens is 2. The SMILES string of the molecule is Fc1ccc(Nc2cc(-c3ccccc3)nc(NCc3ccco3)n2)c(F)c1. The number of hydrogen-bond donors (Lipinski definition) is 2. The molecule has 0 bridgehead atoms. The van der Waals surface area contributed by atoms with E-state index in [0.29, 0.717) is 24.0 Å². The smallest absolute Gasteiger partial charge is 0.225 e. The van der Waals surface area contributed by atoms with Crippen LogP contribution in [0.25, 0.3) is 11.3 Å². The first-order valence-corrected chi connectivity index (χ1v) is 8.60. The summed E-state index contributed by atoms with van der Waals surface area (Å²) < 4.78 is 32.5. The number of nitrogens with zero attached hydrogens (tertiary/aromatic N) is 2. The normalized spacial score (nSPS) is 10.6. The molecule has 4 aromatic rings. The van der Waals surface area contributed by atoms with Crippen LogP contribution in [0.2, 0.25) is 0 Å². The van der Waals surface area contributed by atoms with Gasteiger partial charge in [0.25, 0.3) is 0 Å². The van der Waals surface area contributed by atoms with Crippen molar-refractivity contribution in [2.24, 2.45) is 0 Å². The fourth-order valence-electron chi connectivity index (χ4n) is 2.66. The first kappa shape index (κ1) is 17.7. The van der Waals surface area contributed by atoms with Crippen molar-refractivity contribution in [2.45, 2.75) is 6.54 Å². The summed E-state index contributed by atoms with van der Waals surface area (Å²) in [6.07, 6.45) is 1.59. The summed E-state index contributed by atoms with van der Waals surface area (Å²) in [4.78, 5) is 8.91. The Hall–Kier alpha value is -3.74. The summed E-state index contributed by atoms with van der Waals surface area (Å²) in [5, 5.41) is 5.98. The Balaban J connectivity index is 1.66. The summed E-state index contributed by atoms with van der Waals surface area (Å²) in [6, 6.07) is 18.2. The largest absolute Gasteiger partial charge is 0.467 e. The molecule has 0 radical (unpaired) electrons. The zero-order valence-electron chi connectivity index (χ0n) is 14.7. The average molecular weight is 378 g/mol. The van der Waals surface area contributed by atoms with E-state index in [1.165, 1.54) is 12.1 Å². The van der Waals surface area contributed by atoms with Crippen molar-refractivity contribution in [1.82, 2.24) is 9.97 Å². The molecule has 0 spiro atoms.